The van der Waals surface area contributed by atoms with E-state index in [9.17, 15) is 16.8 Å². The van der Waals surface area contributed by atoms with Gasteiger partial charge in [-0.2, -0.15) is 9.57 Å². The van der Waals surface area contributed by atoms with Gasteiger partial charge in [-0.15, -0.1) is 0 Å². The van der Waals surface area contributed by atoms with Crippen LogP contribution in [-0.2, 0) is 20.0 Å². The van der Waals surface area contributed by atoms with Crippen molar-refractivity contribution in [2.75, 3.05) is 17.8 Å². The first kappa shape index (κ1) is 20.3. The van der Waals surface area contributed by atoms with Crippen molar-refractivity contribution in [3.05, 3.63) is 53.6 Å². The molecule has 1 fully saturated rings. The van der Waals surface area contributed by atoms with Crippen molar-refractivity contribution in [3.63, 3.8) is 0 Å². The Balaban J connectivity index is 1.94. The van der Waals surface area contributed by atoms with Crippen molar-refractivity contribution < 1.29 is 16.8 Å². The number of aryl methyl sites for hydroxylation is 1. The third-order valence-electron chi connectivity index (χ3n) is 4.68. The molecule has 0 unspecified atom stereocenters. The number of sulfonamides is 2. The van der Waals surface area contributed by atoms with Gasteiger partial charge in [-0.1, -0.05) is 18.6 Å². The zero-order chi connectivity index (χ0) is 20.4. The Labute approximate surface area is 165 Å². The number of benzene rings is 2. The van der Waals surface area contributed by atoms with Gasteiger partial charge in [0.25, 0.3) is 10.0 Å². The molecule has 9 heteroatoms. The van der Waals surface area contributed by atoms with E-state index in [0.717, 1.165) is 19.3 Å². The van der Waals surface area contributed by atoms with Gasteiger partial charge in [0, 0.05) is 13.1 Å². The third kappa shape index (κ3) is 4.19. The quantitative estimate of drug-likeness (QED) is 0.802. The van der Waals surface area contributed by atoms with Gasteiger partial charge in [0.1, 0.15) is 0 Å². The molecule has 1 N–H and O–H groups in total. The van der Waals surface area contributed by atoms with Gasteiger partial charge in [-0.25, -0.2) is 16.8 Å². The molecule has 1 aliphatic rings. The van der Waals surface area contributed by atoms with Crippen molar-refractivity contribution in [2.24, 2.45) is 0 Å². The van der Waals surface area contributed by atoms with Crippen LogP contribution in [0.4, 0.5) is 5.69 Å². The minimum atomic E-state index is -3.97. The highest BCUT2D eigenvalue weighted by atomic mass is 32.2. The molecule has 1 aliphatic heterocycles. The molecule has 0 bridgehead atoms. The van der Waals surface area contributed by atoms with E-state index in [1.54, 1.807) is 13.0 Å². The average molecular weight is 420 g/mol. The Morgan fingerprint density at radius 1 is 0.964 bits per heavy atom. The second-order valence-corrected chi connectivity index (χ2v) is 10.3. The first-order chi connectivity index (χ1) is 13.2. The number of nitrogens with zero attached hydrogens (tertiary/aromatic N) is 2. The van der Waals surface area contributed by atoms with Crippen LogP contribution in [-0.4, -0.2) is 34.2 Å². The molecule has 2 aromatic carbocycles. The summed E-state index contributed by atoms with van der Waals surface area (Å²) in [4.78, 5) is -0.00119. The van der Waals surface area contributed by atoms with Crippen molar-refractivity contribution >= 4 is 25.7 Å². The van der Waals surface area contributed by atoms with Crippen LogP contribution in [0.1, 0.15) is 30.4 Å². The van der Waals surface area contributed by atoms with Gasteiger partial charge < -0.3 is 0 Å². The fourth-order valence-electron chi connectivity index (χ4n) is 3.06. The summed E-state index contributed by atoms with van der Waals surface area (Å²) in [5.41, 5.74) is 1.01. The summed E-state index contributed by atoms with van der Waals surface area (Å²) < 4.78 is 55.1. The number of anilines is 1. The minimum Gasteiger partial charge on any atom is -0.279 e. The lowest BCUT2D eigenvalue weighted by molar-refractivity contribution is 0.346. The van der Waals surface area contributed by atoms with Crippen LogP contribution in [0.5, 0.6) is 0 Å². The van der Waals surface area contributed by atoms with E-state index >= 15 is 0 Å². The Bertz CT molecular complexity index is 1130. The second-order valence-electron chi connectivity index (χ2n) is 6.69. The van der Waals surface area contributed by atoms with Crippen LogP contribution in [0.15, 0.2) is 52.3 Å². The SMILES string of the molecule is Cc1ccc(S(=O)(=O)N2CCCCC2)cc1NS(=O)(=O)c1cccc(C#N)c1. The predicted octanol–water partition coefficient (Wildman–Crippen LogP) is 2.84. The average Bonchev–Trinajstić information content (AvgIpc) is 2.70. The molecule has 1 heterocycles. The predicted molar refractivity (Wildman–Crippen MR) is 106 cm³/mol. The number of nitriles is 1. The maximum Gasteiger partial charge on any atom is 0.261 e. The molecule has 0 amide bonds. The van der Waals surface area contributed by atoms with E-state index in [1.165, 1.54) is 40.7 Å². The normalized spacial score (nSPS) is 15.7. The summed E-state index contributed by atoms with van der Waals surface area (Å²) in [6.07, 6.45) is 2.65. The third-order valence-corrected chi connectivity index (χ3v) is 7.94. The number of rotatable bonds is 5. The standard InChI is InChI=1S/C19H21N3O4S2/c1-15-8-9-18(28(25,26)22-10-3-2-4-11-22)13-19(15)21-27(23,24)17-7-5-6-16(12-17)14-20/h5-9,12-13,21H,2-4,10-11H2,1H3. The maximum atomic E-state index is 12.9. The fourth-order valence-corrected chi connectivity index (χ4v) is 5.77. The molecule has 0 atom stereocenters. The van der Waals surface area contributed by atoms with Gasteiger partial charge in [0.15, 0.2) is 0 Å². The molecular formula is C19H21N3O4S2. The van der Waals surface area contributed by atoms with Crippen molar-refractivity contribution in [1.29, 1.82) is 5.26 Å². The highest BCUT2D eigenvalue weighted by molar-refractivity contribution is 7.92. The number of nitrogens with one attached hydrogen (secondary N) is 1. The Hall–Kier alpha value is -2.41. The van der Waals surface area contributed by atoms with Gasteiger partial charge in [-0.05, 0) is 55.7 Å². The molecule has 0 aliphatic carbocycles. The number of hydrogen-bond donors (Lipinski definition) is 1. The van der Waals surface area contributed by atoms with Crippen LogP contribution in [0.2, 0.25) is 0 Å². The van der Waals surface area contributed by atoms with Crippen molar-refractivity contribution in [2.45, 2.75) is 36.0 Å². The molecule has 148 valence electrons. The molecule has 28 heavy (non-hydrogen) atoms. The van der Waals surface area contributed by atoms with E-state index in [4.69, 9.17) is 5.26 Å². The van der Waals surface area contributed by atoms with Crippen LogP contribution < -0.4 is 4.72 Å². The second kappa shape index (κ2) is 7.91. The van der Waals surface area contributed by atoms with E-state index < -0.39 is 20.0 Å². The fraction of sp³-hybridized carbons (Fsp3) is 0.316. The zero-order valence-corrected chi connectivity index (χ0v) is 17.1. The monoisotopic (exact) mass is 419 g/mol. The first-order valence-electron chi connectivity index (χ1n) is 8.88. The number of piperidine rings is 1. The van der Waals surface area contributed by atoms with E-state index in [0.29, 0.717) is 18.7 Å². The van der Waals surface area contributed by atoms with Gasteiger partial charge in [-0.3, -0.25) is 4.72 Å². The summed E-state index contributed by atoms with van der Waals surface area (Å²) in [6.45, 7) is 2.64. The Kier molecular flexibility index (Phi) is 5.74. The summed E-state index contributed by atoms with van der Waals surface area (Å²) in [7, 11) is -7.64. The molecule has 0 radical (unpaired) electrons. The van der Waals surface area contributed by atoms with Crippen molar-refractivity contribution in [3.8, 4) is 6.07 Å². The van der Waals surface area contributed by atoms with E-state index in [1.807, 2.05) is 6.07 Å². The van der Waals surface area contributed by atoms with Crippen LogP contribution in [0.25, 0.3) is 0 Å². The lowest BCUT2D eigenvalue weighted by Gasteiger charge is -2.26. The molecular weight excluding hydrogens is 398 g/mol. The molecule has 7 nitrogen and oxygen atoms in total. The van der Waals surface area contributed by atoms with Gasteiger partial charge in [0.2, 0.25) is 10.0 Å². The minimum absolute atomic E-state index is 0.0588. The summed E-state index contributed by atoms with van der Waals surface area (Å²) >= 11 is 0. The highest BCUT2D eigenvalue weighted by Gasteiger charge is 2.27. The van der Waals surface area contributed by atoms with Gasteiger partial charge in [0.05, 0.1) is 27.1 Å². The Morgan fingerprint density at radius 2 is 1.68 bits per heavy atom. The lowest BCUT2D eigenvalue weighted by Crippen LogP contribution is -2.35. The van der Waals surface area contributed by atoms with Crippen LogP contribution in [0, 0.1) is 18.3 Å². The largest absolute Gasteiger partial charge is 0.279 e. The molecule has 0 aromatic heterocycles. The lowest BCUT2D eigenvalue weighted by atomic mass is 10.2. The van der Waals surface area contributed by atoms with Crippen molar-refractivity contribution in [1.82, 2.24) is 4.31 Å². The van der Waals surface area contributed by atoms with E-state index in [-0.39, 0.29) is 21.0 Å². The molecule has 1 saturated heterocycles. The van der Waals surface area contributed by atoms with Crippen LogP contribution in [0.3, 0.4) is 0 Å². The first-order valence-corrected chi connectivity index (χ1v) is 11.8. The van der Waals surface area contributed by atoms with E-state index in [2.05, 4.69) is 4.72 Å². The molecule has 3 rings (SSSR count). The molecule has 2 aromatic rings. The zero-order valence-electron chi connectivity index (χ0n) is 15.4. The molecule has 0 saturated carbocycles. The molecule has 0 spiro atoms. The number of hydrogen-bond acceptors (Lipinski definition) is 5. The topological polar surface area (TPSA) is 107 Å². The highest BCUT2D eigenvalue weighted by Crippen LogP contribution is 2.27. The summed E-state index contributed by atoms with van der Waals surface area (Å²) in [5, 5.41) is 8.97. The Morgan fingerprint density at radius 3 is 2.36 bits per heavy atom. The summed E-state index contributed by atoms with van der Waals surface area (Å²) in [5.74, 6) is 0. The smallest absolute Gasteiger partial charge is 0.261 e. The maximum absolute atomic E-state index is 12.9. The summed E-state index contributed by atoms with van der Waals surface area (Å²) in [6, 6.07) is 12.0. The van der Waals surface area contributed by atoms with Crippen LogP contribution >= 0.6 is 0 Å². The van der Waals surface area contributed by atoms with Gasteiger partial charge >= 0.3 is 0 Å².